The van der Waals surface area contributed by atoms with Crippen LogP contribution in [0, 0.1) is 28.6 Å². The van der Waals surface area contributed by atoms with E-state index in [1.54, 1.807) is 13.0 Å². The Morgan fingerprint density at radius 2 is 1.71 bits per heavy atom. The van der Waals surface area contributed by atoms with Gasteiger partial charge in [0, 0.05) is 17.8 Å². The van der Waals surface area contributed by atoms with Gasteiger partial charge in [0.1, 0.15) is 0 Å². The van der Waals surface area contributed by atoms with Crippen molar-refractivity contribution in [2.75, 3.05) is 0 Å². The summed E-state index contributed by atoms with van der Waals surface area (Å²) in [5.41, 5.74) is -3.97. The number of hydrogen-bond acceptors (Lipinski definition) is 7. The number of aliphatic hydroxyl groups is 6. The number of hydrogen-bond donors (Lipinski definition) is 6. The largest absolute Gasteiger partial charge is 0.390 e. The van der Waals surface area contributed by atoms with Crippen molar-refractivity contribution in [2.45, 2.75) is 121 Å². The first-order chi connectivity index (χ1) is 15.4. The summed E-state index contributed by atoms with van der Waals surface area (Å²) in [6.45, 7) is 8.81. The van der Waals surface area contributed by atoms with Gasteiger partial charge in [0.2, 0.25) is 0 Å². The normalized spacial score (nSPS) is 47.2. The number of carbonyl (C=O) groups is 1. The molecule has 0 aromatic rings. The third-order valence-corrected chi connectivity index (χ3v) is 10.4. The predicted molar refractivity (Wildman–Crippen MR) is 127 cm³/mol. The molecule has 194 valence electrons. The Balaban J connectivity index is 1.62. The molecule has 4 rings (SSSR count). The van der Waals surface area contributed by atoms with Crippen LogP contribution in [-0.2, 0) is 4.79 Å². The summed E-state index contributed by atoms with van der Waals surface area (Å²) in [5, 5.41) is 64.5. The van der Waals surface area contributed by atoms with Crippen molar-refractivity contribution in [3.05, 3.63) is 11.6 Å². The van der Waals surface area contributed by atoms with Gasteiger partial charge in [-0.2, -0.15) is 0 Å². The first-order valence-electron chi connectivity index (χ1n) is 12.9. The number of aliphatic hydroxyl groups excluding tert-OH is 3. The minimum Gasteiger partial charge on any atom is -0.390 e. The molecule has 0 spiro atoms. The van der Waals surface area contributed by atoms with E-state index in [9.17, 15) is 35.4 Å². The van der Waals surface area contributed by atoms with Crippen LogP contribution in [0.15, 0.2) is 11.6 Å². The number of allylic oxidation sites excluding steroid dienone is 1. The van der Waals surface area contributed by atoms with E-state index in [0.29, 0.717) is 25.7 Å². The van der Waals surface area contributed by atoms with E-state index in [1.165, 1.54) is 13.8 Å². The van der Waals surface area contributed by atoms with Crippen LogP contribution in [0.1, 0.15) is 86.0 Å². The third-order valence-electron chi connectivity index (χ3n) is 10.4. The van der Waals surface area contributed by atoms with Crippen LogP contribution >= 0.6 is 0 Å². The summed E-state index contributed by atoms with van der Waals surface area (Å²) >= 11 is 0. The van der Waals surface area contributed by atoms with Crippen LogP contribution in [0.4, 0.5) is 0 Å². The van der Waals surface area contributed by atoms with E-state index in [1.807, 2.05) is 6.92 Å². The van der Waals surface area contributed by atoms with Crippen molar-refractivity contribution in [2.24, 2.45) is 28.6 Å². The van der Waals surface area contributed by atoms with Gasteiger partial charge in [-0.1, -0.05) is 13.8 Å². The molecule has 3 saturated carbocycles. The van der Waals surface area contributed by atoms with Gasteiger partial charge < -0.3 is 30.6 Å². The lowest BCUT2D eigenvalue weighted by atomic mass is 9.46. The highest BCUT2D eigenvalue weighted by molar-refractivity contribution is 5.95. The molecule has 0 amide bonds. The van der Waals surface area contributed by atoms with Gasteiger partial charge in [0.25, 0.3) is 0 Å². The van der Waals surface area contributed by atoms with Gasteiger partial charge in [-0.3, -0.25) is 4.79 Å². The first-order valence-corrected chi connectivity index (χ1v) is 12.9. The summed E-state index contributed by atoms with van der Waals surface area (Å²) in [5.74, 6) is -0.468. The highest BCUT2D eigenvalue weighted by Crippen LogP contribution is 2.67. The minimum absolute atomic E-state index is 0.0113. The summed E-state index contributed by atoms with van der Waals surface area (Å²) in [6, 6.07) is 0. The molecule has 6 N–H and O–H groups in total. The molecule has 0 aromatic heterocycles. The average molecular weight is 481 g/mol. The molecule has 3 fully saturated rings. The first kappa shape index (κ1) is 26.2. The third kappa shape index (κ3) is 3.91. The number of ketones is 1. The molecule has 7 heteroatoms. The average Bonchev–Trinajstić information content (AvgIpc) is 2.94. The highest BCUT2D eigenvalue weighted by Gasteiger charge is 2.66. The summed E-state index contributed by atoms with van der Waals surface area (Å²) in [4.78, 5) is 13.2. The Bertz CT molecular complexity index is 860. The molecule has 34 heavy (non-hydrogen) atoms. The van der Waals surface area contributed by atoms with Gasteiger partial charge in [-0.15, -0.1) is 0 Å². The molecule has 7 nitrogen and oxygen atoms in total. The minimum atomic E-state index is -1.32. The molecule has 4 aliphatic carbocycles. The van der Waals surface area contributed by atoms with Gasteiger partial charge in [-0.05, 0) is 94.6 Å². The fourth-order valence-electron chi connectivity index (χ4n) is 8.09. The Labute approximate surface area is 202 Å². The lowest BCUT2D eigenvalue weighted by molar-refractivity contribution is -0.154. The lowest BCUT2D eigenvalue weighted by Gasteiger charge is -2.60. The van der Waals surface area contributed by atoms with Gasteiger partial charge in [-0.25, -0.2) is 0 Å². The van der Waals surface area contributed by atoms with E-state index in [4.69, 9.17) is 0 Å². The van der Waals surface area contributed by atoms with Gasteiger partial charge in [0.15, 0.2) is 5.78 Å². The quantitative estimate of drug-likeness (QED) is 0.353. The Morgan fingerprint density at radius 3 is 2.32 bits per heavy atom. The van der Waals surface area contributed by atoms with Crippen LogP contribution in [0.25, 0.3) is 0 Å². The molecule has 10 atom stereocenters. The van der Waals surface area contributed by atoms with E-state index in [0.717, 1.165) is 18.4 Å². The van der Waals surface area contributed by atoms with Crippen molar-refractivity contribution in [3.8, 4) is 0 Å². The zero-order valence-electron chi connectivity index (χ0n) is 21.3. The zero-order chi connectivity index (χ0) is 25.5. The van der Waals surface area contributed by atoms with Crippen molar-refractivity contribution in [1.82, 2.24) is 0 Å². The maximum Gasteiger partial charge on any atom is 0.159 e. The fraction of sp³-hybridized carbons (Fsp3) is 0.889. The number of carbonyl (C=O) groups excluding carboxylic acids is 1. The van der Waals surface area contributed by atoms with Crippen LogP contribution in [0.3, 0.4) is 0 Å². The predicted octanol–water partition coefficient (Wildman–Crippen LogP) is 1.85. The summed E-state index contributed by atoms with van der Waals surface area (Å²) in [6.07, 6.45) is 2.51. The molecule has 0 bridgehead atoms. The van der Waals surface area contributed by atoms with E-state index >= 15 is 0 Å². The highest BCUT2D eigenvalue weighted by atomic mass is 16.3. The van der Waals surface area contributed by atoms with E-state index in [2.05, 4.69) is 6.92 Å². The smallest absolute Gasteiger partial charge is 0.159 e. The molecule has 0 saturated heterocycles. The molecular formula is C27H44O7. The Morgan fingerprint density at radius 1 is 1.06 bits per heavy atom. The van der Waals surface area contributed by atoms with Crippen LogP contribution in [0.2, 0.25) is 0 Å². The second kappa shape index (κ2) is 8.09. The lowest BCUT2D eigenvalue weighted by Crippen LogP contribution is -2.60. The number of rotatable bonds is 5. The second-order valence-corrected chi connectivity index (χ2v) is 13.3. The monoisotopic (exact) mass is 480 g/mol. The van der Waals surface area contributed by atoms with Crippen molar-refractivity contribution in [3.63, 3.8) is 0 Å². The maximum absolute atomic E-state index is 13.2. The number of fused-ring (bicyclic) bond motifs is 5. The molecule has 0 unspecified atom stereocenters. The van der Waals surface area contributed by atoms with Crippen LogP contribution < -0.4 is 0 Å². The molecular weight excluding hydrogens is 436 g/mol. The van der Waals surface area contributed by atoms with Crippen LogP contribution in [0.5, 0.6) is 0 Å². The van der Waals surface area contributed by atoms with Crippen LogP contribution in [-0.4, -0.2) is 71.5 Å². The van der Waals surface area contributed by atoms with Crippen molar-refractivity contribution >= 4 is 5.78 Å². The van der Waals surface area contributed by atoms with Crippen molar-refractivity contribution < 1.29 is 35.4 Å². The molecule has 0 heterocycles. The van der Waals surface area contributed by atoms with Gasteiger partial charge in [0.05, 0.1) is 35.1 Å². The summed E-state index contributed by atoms with van der Waals surface area (Å²) in [7, 11) is 0. The SMILES string of the molecule is CC(C)(O)[C@H](O)C[C@](C)(O)C[C@@H]1CC[C@@]2(O)C3=CC(=O)[C@@H]4C[C@@H](O)[C@@H](O)C[C@]4(C)[C@H]3CC[C@]12C. The van der Waals surface area contributed by atoms with Crippen molar-refractivity contribution in [1.29, 1.82) is 0 Å². The fourth-order valence-corrected chi connectivity index (χ4v) is 8.09. The Kier molecular flexibility index (Phi) is 6.24. The van der Waals surface area contributed by atoms with E-state index < -0.39 is 45.9 Å². The molecule has 0 radical (unpaired) electrons. The molecule has 4 aliphatic rings. The Hall–Kier alpha value is -0.830. The van der Waals surface area contributed by atoms with E-state index in [-0.39, 0.29) is 36.4 Å². The second-order valence-electron chi connectivity index (χ2n) is 13.3. The molecule has 0 aliphatic heterocycles. The topological polar surface area (TPSA) is 138 Å². The summed E-state index contributed by atoms with van der Waals surface area (Å²) < 4.78 is 0. The van der Waals surface area contributed by atoms with Gasteiger partial charge >= 0.3 is 0 Å². The molecule has 0 aromatic carbocycles. The zero-order valence-corrected chi connectivity index (χ0v) is 21.3. The standard InChI is InChI=1S/C27H44O7/c1-23(2,32)22(31)14-24(3,33)12-15-6-9-27(34)17-10-19(28)18-11-20(29)21(30)13-25(18,4)16(17)7-8-26(15,27)5/h10,15-16,18,20-22,29-34H,6-9,11-14H2,1-5H3/t15-,16-,18-,20+,21-,22+,24+,25+,26+,27+/m0/s1. The maximum atomic E-state index is 13.2.